The lowest BCUT2D eigenvalue weighted by atomic mass is 10.1. The number of benzene rings is 9. The highest BCUT2D eigenvalue weighted by atomic mass is 15.2. The number of nitrogens with zero attached hydrogens (tertiary/aromatic N) is 6. The maximum absolute atomic E-state index is 9.53. The molecule has 6 nitrogen and oxygen atoms in total. The third-order valence-electron chi connectivity index (χ3n) is 12.1. The van der Waals surface area contributed by atoms with E-state index in [-0.39, 0.29) is 61.1 Å². The van der Waals surface area contributed by atoms with Crippen molar-refractivity contribution in [3.05, 3.63) is 218 Å². The molecule has 0 aliphatic carbocycles. The summed E-state index contributed by atoms with van der Waals surface area (Å²) in [6.45, 7) is 0. The number of hydrogen-bond donors (Lipinski definition) is 0. The Morgan fingerprint density at radius 3 is 0.953 bits per heavy atom. The predicted molar refractivity (Wildman–Crippen MR) is 265 cm³/mol. The lowest BCUT2D eigenvalue weighted by Gasteiger charge is -2.20. The van der Waals surface area contributed by atoms with Gasteiger partial charge in [-0.05, 0) is 60.6 Å². The molecule has 14 aromatic rings. The van der Waals surface area contributed by atoms with Crippen molar-refractivity contribution in [2.45, 2.75) is 0 Å². The van der Waals surface area contributed by atoms with Gasteiger partial charge in [-0.15, -0.1) is 0 Å². The Morgan fingerprint density at radius 1 is 0.297 bits per heavy atom. The molecule has 298 valence electrons. The monoisotopic (exact) mass is 832 g/mol. The van der Waals surface area contributed by atoms with Crippen molar-refractivity contribution in [1.82, 2.24) is 28.2 Å². The van der Waals surface area contributed by atoms with Crippen molar-refractivity contribution < 1.29 is 21.9 Å². The molecular weight excluding hydrogens is 781 g/mol. The predicted octanol–water partition coefficient (Wildman–Crippen LogP) is 14.5. The smallest absolute Gasteiger partial charge is 0.168 e. The summed E-state index contributed by atoms with van der Waals surface area (Å²) in [6.07, 6.45) is 0. The molecule has 5 heterocycles. The Labute approximate surface area is 389 Å². The highest BCUT2D eigenvalue weighted by molar-refractivity contribution is 6.13. The Morgan fingerprint density at radius 2 is 0.609 bits per heavy atom. The van der Waals surface area contributed by atoms with Crippen molar-refractivity contribution >= 4 is 87.2 Å². The fraction of sp³-hybridized carbons (Fsp3) is 0. The molecule has 0 saturated heterocycles. The first-order valence-electron chi connectivity index (χ1n) is 28.5. The molecule has 0 amide bonds. The summed E-state index contributed by atoms with van der Waals surface area (Å²) < 4.78 is 153. The molecule has 5 aromatic heterocycles. The van der Waals surface area contributed by atoms with E-state index < -0.39 is 96.7 Å². The SMILES string of the molecule is [2H]c1c([2H])c([2H])c2c(c1[2H])c1c([2H])c([2H])c([2H])c([2H])c1n2-c1cc(-n2c3c([2H])c([2H])c([2H])c([2H])c3c3c([2H])c([2H])c([2H])c([2H])c32)nc(-c2c(-n3c4ccccc4c4ccccc43)cccc2-n2c3ccccc3c3ccccc32)n1. The van der Waals surface area contributed by atoms with E-state index in [1.165, 1.54) is 15.2 Å². The average molecular weight is 833 g/mol. The summed E-state index contributed by atoms with van der Waals surface area (Å²) in [4.78, 5) is 10.7. The standard InChI is InChI=1S/C58H36N6/c1-9-26-45-37(18-1)38-19-2-10-27-46(38)61(45)53-34-17-35-54(62-47-28-11-3-20-39(47)40-21-4-12-29-48(40)62)57(53)58-59-55(63-49-30-13-5-22-41(49)42-23-6-14-31-50(42)63)36-56(60-58)64-51-32-15-7-24-43(51)44-25-8-16-33-52(44)64/h1-36H/i5D,6D,7D,8D,13D,14D,15D,16D,22D,23D,24D,25D,30D,31D,32D,33D. The highest BCUT2D eigenvalue weighted by Crippen LogP contribution is 2.43. The fourth-order valence-electron chi connectivity index (χ4n) is 9.56. The highest BCUT2D eigenvalue weighted by Gasteiger charge is 2.26. The van der Waals surface area contributed by atoms with Crippen LogP contribution in [-0.4, -0.2) is 28.2 Å². The Kier molecular flexibility index (Phi) is 4.79. The number of aromatic nitrogens is 6. The van der Waals surface area contributed by atoms with Gasteiger partial charge in [0.25, 0.3) is 0 Å². The van der Waals surface area contributed by atoms with Gasteiger partial charge in [0.1, 0.15) is 11.6 Å². The van der Waals surface area contributed by atoms with Gasteiger partial charge in [-0.2, -0.15) is 0 Å². The zero-order valence-corrected chi connectivity index (χ0v) is 33.2. The molecule has 0 aliphatic heterocycles. The van der Waals surface area contributed by atoms with E-state index in [4.69, 9.17) is 20.9 Å². The van der Waals surface area contributed by atoms with Crippen LogP contribution in [-0.2, 0) is 0 Å². The van der Waals surface area contributed by atoms with Crippen molar-refractivity contribution in [3.8, 4) is 34.4 Å². The van der Waals surface area contributed by atoms with Gasteiger partial charge in [0, 0.05) is 49.2 Å². The Bertz CT molecular complexity index is 4600. The molecule has 0 saturated carbocycles. The fourth-order valence-corrected chi connectivity index (χ4v) is 9.56. The summed E-state index contributed by atoms with van der Waals surface area (Å²) in [7, 11) is 0. The molecule has 0 spiro atoms. The summed E-state index contributed by atoms with van der Waals surface area (Å²) in [6, 6.07) is 28.2. The molecule has 6 heteroatoms. The van der Waals surface area contributed by atoms with E-state index in [1.807, 2.05) is 115 Å². The number of para-hydroxylation sites is 8. The molecule has 0 N–H and O–H groups in total. The molecule has 0 unspecified atom stereocenters. The summed E-state index contributed by atoms with van der Waals surface area (Å²) in [5.41, 5.74) is 3.39. The van der Waals surface area contributed by atoms with Crippen molar-refractivity contribution in [1.29, 1.82) is 0 Å². The minimum Gasteiger partial charge on any atom is -0.308 e. The van der Waals surface area contributed by atoms with E-state index in [0.29, 0.717) is 16.9 Å². The van der Waals surface area contributed by atoms with Crippen LogP contribution in [0.1, 0.15) is 21.9 Å². The van der Waals surface area contributed by atoms with Gasteiger partial charge in [0.05, 0.1) is 83.0 Å². The molecule has 14 rings (SSSR count). The first-order valence-corrected chi connectivity index (χ1v) is 20.5. The third-order valence-corrected chi connectivity index (χ3v) is 12.1. The van der Waals surface area contributed by atoms with Gasteiger partial charge in [0.2, 0.25) is 0 Å². The van der Waals surface area contributed by atoms with Crippen LogP contribution in [0.2, 0.25) is 0 Å². The lowest BCUT2D eigenvalue weighted by molar-refractivity contribution is 0.987. The van der Waals surface area contributed by atoms with E-state index >= 15 is 0 Å². The van der Waals surface area contributed by atoms with Gasteiger partial charge in [-0.25, -0.2) is 9.97 Å². The summed E-state index contributed by atoms with van der Waals surface area (Å²) in [5.74, 6) is -0.621. The molecule has 0 fully saturated rings. The second-order valence-electron chi connectivity index (χ2n) is 15.4. The van der Waals surface area contributed by atoms with Crippen LogP contribution in [0.5, 0.6) is 0 Å². The molecule has 64 heavy (non-hydrogen) atoms. The summed E-state index contributed by atoms with van der Waals surface area (Å²) in [5, 5.41) is 2.69. The second kappa shape index (κ2) is 13.4. The Balaban J connectivity index is 1.26. The number of hydrogen-bond acceptors (Lipinski definition) is 2. The van der Waals surface area contributed by atoms with Crippen LogP contribution in [0.15, 0.2) is 218 Å². The van der Waals surface area contributed by atoms with Crippen LogP contribution in [0.25, 0.3) is 122 Å². The van der Waals surface area contributed by atoms with Gasteiger partial charge in [-0.1, -0.05) is 151 Å². The molecular formula is C58H36N6. The van der Waals surface area contributed by atoms with Crippen LogP contribution in [0, 0.1) is 0 Å². The van der Waals surface area contributed by atoms with Gasteiger partial charge in [-0.3, -0.25) is 9.13 Å². The zero-order valence-electron chi connectivity index (χ0n) is 49.2. The molecule has 0 atom stereocenters. The minimum atomic E-state index is -0.684. The summed E-state index contributed by atoms with van der Waals surface area (Å²) >= 11 is 0. The van der Waals surface area contributed by atoms with Crippen molar-refractivity contribution in [2.24, 2.45) is 0 Å². The quantitative estimate of drug-likeness (QED) is 0.173. The zero-order chi connectivity index (χ0) is 55.8. The molecule has 0 radical (unpaired) electrons. The van der Waals surface area contributed by atoms with Gasteiger partial charge in [0.15, 0.2) is 5.82 Å². The molecule has 9 aromatic carbocycles. The van der Waals surface area contributed by atoms with E-state index in [0.717, 1.165) is 43.6 Å². The maximum Gasteiger partial charge on any atom is 0.168 e. The van der Waals surface area contributed by atoms with E-state index in [9.17, 15) is 11.0 Å². The van der Waals surface area contributed by atoms with Crippen LogP contribution >= 0.6 is 0 Å². The normalized spacial score (nSPS) is 15.6. The van der Waals surface area contributed by atoms with Crippen molar-refractivity contribution in [3.63, 3.8) is 0 Å². The second-order valence-corrected chi connectivity index (χ2v) is 15.4. The molecule has 0 aliphatic rings. The third kappa shape index (κ3) is 4.85. The van der Waals surface area contributed by atoms with Crippen LogP contribution in [0.4, 0.5) is 0 Å². The first kappa shape index (κ1) is 22.9. The van der Waals surface area contributed by atoms with Crippen LogP contribution in [0.3, 0.4) is 0 Å². The van der Waals surface area contributed by atoms with Crippen LogP contribution < -0.4 is 0 Å². The average Bonchev–Trinajstić information content (AvgIpc) is 4.41. The van der Waals surface area contributed by atoms with Crippen molar-refractivity contribution in [2.75, 3.05) is 0 Å². The first-order chi connectivity index (χ1) is 38.4. The maximum atomic E-state index is 9.53. The lowest BCUT2D eigenvalue weighted by Crippen LogP contribution is -2.10. The number of fused-ring (bicyclic) bond motifs is 12. The minimum absolute atomic E-state index is 0.125. The largest absolute Gasteiger partial charge is 0.308 e. The topological polar surface area (TPSA) is 45.5 Å². The van der Waals surface area contributed by atoms with Gasteiger partial charge >= 0.3 is 0 Å². The molecule has 0 bridgehead atoms. The van der Waals surface area contributed by atoms with E-state index in [2.05, 4.69) is 9.13 Å². The Hall–Kier alpha value is -8.74. The number of rotatable bonds is 5. The van der Waals surface area contributed by atoms with Gasteiger partial charge < -0.3 is 9.13 Å². The van der Waals surface area contributed by atoms with E-state index in [1.54, 1.807) is 0 Å².